The van der Waals surface area contributed by atoms with Gasteiger partial charge in [0.25, 0.3) is 5.91 Å². The Bertz CT molecular complexity index is 880. The van der Waals surface area contributed by atoms with E-state index >= 15 is 0 Å². The van der Waals surface area contributed by atoms with E-state index in [1.54, 1.807) is 11.9 Å². The maximum atomic E-state index is 12.9. The van der Waals surface area contributed by atoms with Crippen LogP contribution in [-0.2, 0) is 4.79 Å². The topological polar surface area (TPSA) is 74.6 Å². The average molecular weight is 419 g/mol. The Kier molecular flexibility index (Phi) is 3.98. The highest BCUT2D eigenvalue weighted by atomic mass is 79.9. The van der Waals surface area contributed by atoms with Gasteiger partial charge in [0.1, 0.15) is 6.17 Å². The molecule has 9 heteroatoms. The molecule has 26 heavy (non-hydrogen) atoms. The van der Waals surface area contributed by atoms with Crippen molar-refractivity contribution in [3.05, 3.63) is 28.7 Å². The lowest BCUT2D eigenvalue weighted by molar-refractivity contribution is -0.133. The fourth-order valence-electron chi connectivity index (χ4n) is 3.71. The van der Waals surface area contributed by atoms with Gasteiger partial charge in [-0.1, -0.05) is 35.0 Å². The Hall–Kier alpha value is -2.42. The summed E-state index contributed by atoms with van der Waals surface area (Å²) in [5.41, 5.74) is 0.885. The molecule has 136 valence electrons. The van der Waals surface area contributed by atoms with Crippen LogP contribution in [0.5, 0.6) is 0 Å². The van der Waals surface area contributed by atoms with E-state index in [1.165, 1.54) is 11.9 Å². The van der Waals surface area contributed by atoms with Crippen LogP contribution in [0.15, 0.2) is 28.7 Å². The molecule has 3 heterocycles. The molecule has 1 saturated heterocycles. The first-order valence-corrected chi connectivity index (χ1v) is 9.26. The van der Waals surface area contributed by atoms with Gasteiger partial charge < -0.3 is 9.80 Å². The number of carbonyl (C=O) groups is 2. The van der Waals surface area contributed by atoms with Gasteiger partial charge in [0.05, 0.1) is 0 Å². The first-order chi connectivity index (χ1) is 12.5. The van der Waals surface area contributed by atoms with E-state index < -0.39 is 12.2 Å². The number of fused-ring (bicyclic) bond motifs is 3. The molecule has 0 radical (unpaired) electrons. The van der Waals surface area contributed by atoms with Crippen molar-refractivity contribution in [2.45, 2.75) is 25.6 Å². The fraction of sp³-hybridized carbons (Fsp3) is 0.412. The molecule has 1 aromatic heterocycles. The molecule has 2 unspecified atom stereocenters. The maximum Gasteiger partial charge on any atom is 0.327 e. The smallest absolute Gasteiger partial charge is 0.325 e. The number of hydrogen-bond acceptors (Lipinski definition) is 5. The quantitative estimate of drug-likeness (QED) is 0.764. The van der Waals surface area contributed by atoms with Crippen molar-refractivity contribution in [2.24, 2.45) is 0 Å². The van der Waals surface area contributed by atoms with Crippen molar-refractivity contribution in [3.8, 4) is 11.4 Å². The Labute approximate surface area is 159 Å². The van der Waals surface area contributed by atoms with Gasteiger partial charge in [0.2, 0.25) is 5.95 Å². The number of likely N-dealkylation sites (N-methyl/N-ethyl adjacent to an activating group) is 2. The highest BCUT2D eigenvalue weighted by molar-refractivity contribution is 9.10. The van der Waals surface area contributed by atoms with E-state index in [-0.39, 0.29) is 11.9 Å². The molecule has 2 aliphatic rings. The van der Waals surface area contributed by atoms with Crippen LogP contribution in [0.2, 0.25) is 0 Å². The lowest BCUT2D eigenvalue weighted by atomic mass is 10.1. The molecule has 0 spiro atoms. The van der Waals surface area contributed by atoms with Gasteiger partial charge in [-0.25, -0.2) is 4.79 Å². The largest absolute Gasteiger partial charge is 0.327 e. The number of urea groups is 1. The van der Waals surface area contributed by atoms with Crippen LogP contribution >= 0.6 is 15.9 Å². The minimum atomic E-state index is -0.484. The first kappa shape index (κ1) is 17.0. The second kappa shape index (κ2) is 6.08. The third-order valence-electron chi connectivity index (χ3n) is 4.95. The van der Waals surface area contributed by atoms with Crippen LogP contribution in [0.25, 0.3) is 11.4 Å². The van der Waals surface area contributed by atoms with Gasteiger partial charge in [-0.05, 0) is 18.6 Å². The number of nitrogens with zero attached hydrogens (tertiary/aromatic N) is 6. The molecule has 8 nitrogen and oxygen atoms in total. The second-order valence-corrected chi connectivity index (χ2v) is 7.46. The molecular formula is C17H19BrN6O2. The van der Waals surface area contributed by atoms with Gasteiger partial charge >= 0.3 is 6.03 Å². The molecule has 0 saturated carbocycles. The number of amides is 3. The Balaban J connectivity index is 1.88. The molecule has 2 aromatic rings. The predicted octanol–water partition coefficient (Wildman–Crippen LogP) is 2.33. The van der Waals surface area contributed by atoms with Crippen LogP contribution in [0, 0.1) is 0 Å². The molecule has 0 N–H and O–H groups in total. The van der Waals surface area contributed by atoms with Gasteiger partial charge in [-0.15, -0.1) is 10.2 Å². The number of rotatable bonds is 3. The van der Waals surface area contributed by atoms with Crippen LogP contribution in [0.1, 0.15) is 19.5 Å². The minimum Gasteiger partial charge on any atom is -0.325 e. The summed E-state index contributed by atoms with van der Waals surface area (Å²) in [5, 5.41) is 8.72. The number of aromatic nitrogens is 3. The Morgan fingerprint density at radius 3 is 2.46 bits per heavy atom. The van der Waals surface area contributed by atoms with E-state index in [4.69, 9.17) is 0 Å². The van der Waals surface area contributed by atoms with E-state index in [2.05, 4.69) is 33.1 Å². The third kappa shape index (κ3) is 2.26. The van der Waals surface area contributed by atoms with Crippen molar-refractivity contribution in [1.82, 2.24) is 24.6 Å². The van der Waals surface area contributed by atoms with Gasteiger partial charge in [-0.3, -0.25) is 14.3 Å². The van der Waals surface area contributed by atoms with E-state index in [9.17, 15) is 9.59 Å². The summed E-state index contributed by atoms with van der Waals surface area (Å²) in [4.78, 5) is 30.1. The summed E-state index contributed by atoms with van der Waals surface area (Å²) in [7, 11) is 3.24. The van der Waals surface area contributed by atoms with Gasteiger partial charge in [0, 0.05) is 30.7 Å². The molecule has 0 bridgehead atoms. The third-order valence-corrected chi connectivity index (χ3v) is 5.48. The molecular weight excluding hydrogens is 400 g/mol. The zero-order chi connectivity index (χ0) is 18.6. The molecule has 2 aliphatic heterocycles. The van der Waals surface area contributed by atoms with Crippen LogP contribution in [-0.4, -0.2) is 63.2 Å². The Morgan fingerprint density at radius 2 is 1.81 bits per heavy atom. The van der Waals surface area contributed by atoms with Crippen molar-refractivity contribution < 1.29 is 9.59 Å². The summed E-state index contributed by atoms with van der Waals surface area (Å²) in [6.07, 6.45) is 0.402. The van der Waals surface area contributed by atoms with Gasteiger partial charge in [-0.2, -0.15) is 0 Å². The van der Waals surface area contributed by atoms with Crippen molar-refractivity contribution in [3.63, 3.8) is 0 Å². The van der Waals surface area contributed by atoms with Crippen LogP contribution < -0.4 is 4.90 Å². The summed E-state index contributed by atoms with van der Waals surface area (Å²) in [6, 6.07) is 6.94. The molecule has 3 amide bonds. The maximum absolute atomic E-state index is 12.9. The number of benzene rings is 1. The SMILES string of the molecule is CCCN1c2nnc(-c3ccc(Br)cc3)n2C2C1C(=O)N(C)C(=O)N2C. The number of halogens is 1. The predicted molar refractivity (Wildman–Crippen MR) is 99.5 cm³/mol. The first-order valence-electron chi connectivity index (χ1n) is 8.47. The van der Waals surface area contributed by atoms with Crippen molar-refractivity contribution in [2.75, 3.05) is 25.5 Å². The van der Waals surface area contributed by atoms with Gasteiger partial charge in [0.15, 0.2) is 11.9 Å². The highest BCUT2D eigenvalue weighted by Crippen LogP contribution is 2.42. The average Bonchev–Trinajstić information content (AvgIpc) is 3.18. The van der Waals surface area contributed by atoms with Crippen molar-refractivity contribution in [1.29, 1.82) is 0 Å². The zero-order valence-corrected chi connectivity index (χ0v) is 16.3. The number of carbonyl (C=O) groups excluding carboxylic acids is 2. The van der Waals surface area contributed by atoms with Crippen LogP contribution in [0.3, 0.4) is 0 Å². The lowest BCUT2D eigenvalue weighted by Crippen LogP contribution is -2.61. The monoisotopic (exact) mass is 418 g/mol. The minimum absolute atomic E-state index is 0.209. The molecule has 2 atom stereocenters. The number of hydrogen-bond donors (Lipinski definition) is 0. The highest BCUT2D eigenvalue weighted by Gasteiger charge is 2.54. The normalized spacial score (nSPS) is 22.1. The molecule has 1 aromatic carbocycles. The number of anilines is 1. The second-order valence-electron chi connectivity index (χ2n) is 6.54. The summed E-state index contributed by atoms with van der Waals surface area (Å²) in [5.74, 6) is 1.07. The molecule has 0 aliphatic carbocycles. The summed E-state index contributed by atoms with van der Waals surface area (Å²) < 4.78 is 2.88. The van der Waals surface area contributed by atoms with Crippen molar-refractivity contribution >= 4 is 33.8 Å². The van der Waals surface area contributed by atoms with E-state index in [1.807, 2.05) is 33.7 Å². The Morgan fingerprint density at radius 1 is 1.12 bits per heavy atom. The fourth-order valence-corrected chi connectivity index (χ4v) is 3.98. The van der Waals surface area contributed by atoms with Crippen LogP contribution in [0.4, 0.5) is 10.7 Å². The molecule has 1 fully saturated rings. The summed E-state index contributed by atoms with van der Waals surface area (Å²) in [6.45, 7) is 2.72. The summed E-state index contributed by atoms with van der Waals surface area (Å²) >= 11 is 3.43. The molecule has 4 rings (SSSR count). The van der Waals surface area contributed by atoms with E-state index in [0.29, 0.717) is 18.3 Å². The number of imide groups is 1. The standard InChI is InChI=1S/C17H19BrN6O2/c1-4-9-23-12-14(21(2)17(26)22(3)15(12)25)24-13(19-20-16(23)24)10-5-7-11(18)8-6-10/h5-8,12,14H,4,9H2,1-3H3. The lowest BCUT2D eigenvalue weighted by Gasteiger charge is -2.40. The zero-order valence-electron chi connectivity index (χ0n) is 14.8. The van der Waals surface area contributed by atoms with E-state index in [0.717, 1.165) is 16.5 Å².